The van der Waals surface area contributed by atoms with Gasteiger partial charge in [0.1, 0.15) is 11.6 Å². The molecule has 118 valence electrons. The van der Waals surface area contributed by atoms with Crippen LogP contribution >= 0.6 is 0 Å². The Labute approximate surface area is 132 Å². The number of nitrogens with two attached hydrogens (primary N) is 1. The molecule has 23 heavy (non-hydrogen) atoms. The van der Waals surface area contributed by atoms with E-state index in [1.54, 1.807) is 6.20 Å². The molecule has 3 N–H and O–H groups in total. The molecule has 0 amide bonds. The number of anilines is 1. The van der Waals surface area contributed by atoms with Gasteiger partial charge >= 0.3 is 0 Å². The van der Waals surface area contributed by atoms with Crippen molar-refractivity contribution in [2.24, 2.45) is 0 Å². The van der Waals surface area contributed by atoms with E-state index in [-0.39, 0.29) is 0 Å². The molecule has 1 aliphatic rings. The quantitative estimate of drug-likeness (QED) is 0.762. The molecule has 1 aliphatic carbocycles. The summed E-state index contributed by atoms with van der Waals surface area (Å²) in [6.07, 6.45) is 6.40. The monoisotopic (exact) mass is 311 g/mol. The van der Waals surface area contributed by atoms with Gasteiger partial charge < -0.3 is 10.3 Å². The van der Waals surface area contributed by atoms with E-state index in [2.05, 4.69) is 30.3 Å². The van der Waals surface area contributed by atoms with Gasteiger partial charge in [0.05, 0.1) is 5.56 Å². The Hall–Kier alpha value is -2.77. The third-order valence-electron chi connectivity index (χ3n) is 4.15. The summed E-state index contributed by atoms with van der Waals surface area (Å²) in [6.45, 7) is 1.90. The number of H-pyrrole nitrogens is 1. The molecule has 0 aromatic carbocycles. The Balaban J connectivity index is 1.64. The highest BCUT2D eigenvalue weighted by Gasteiger charge is 2.22. The van der Waals surface area contributed by atoms with Gasteiger partial charge in [0.15, 0.2) is 5.69 Å². The number of aromatic nitrogens is 6. The summed E-state index contributed by atoms with van der Waals surface area (Å²) in [7, 11) is 0. The van der Waals surface area contributed by atoms with Crippen LogP contribution < -0.4 is 5.73 Å². The maximum Gasteiger partial charge on any atom is 0.278 e. The summed E-state index contributed by atoms with van der Waals surface area (Å²) < 4.78 is 5.25. The number of hydrogen-bond donors (Lipinski definition) is 2. The first-order valence-electron chi connectivity index (χ1n) is 7.69. The lowest BCUT2D eigenvalue weighted by Crippen LogP contribution is -2.05. The maximum atomic E-state index is 6.08. The first kappa shape index (κ1) is 13.9. The number of aryl methyl sites for hydroxylation is 1. The van der Waals surface area contributed by atoms with Crippen molar-refractivity contribution in [3.05, 3.63) is 23.8 Å². The summed E-state index contributed by atoms with van der Waals surface area (Å²) in [5.74, 6) is 2.32. The molecule has 0 unspecified atom stereocenters. The second kappa shape index (κ2) is 5.45. The summed E-state index contributed by atoms with van der Waals surface area (Å²) in [6, 6.07) is 1.83. The van der Waals surface area contributed by atoms with Crippen LogP contribution in [0.15, 0.2) is 16.8 Å². The van der Waals surface area contributed by atoms with Gasteiger partial charge in [0, 0.05) is 17.8 Å². The predicted octanol–water partition coefficient (Wildman–Crippen LogP) is 2.46. The minimum atomic E-state index is 0.337. The minimum Gasteiger partial charge on any atom is -0.383 e. The topological polar surface area (TPSA) is 119 Å². The zero-order valence-electron chi connectivity index (χ0n) is 12.8. The van der Waals surface area contributed by atoms with Crippen LogP contribution in [-0.2, 0) is 0 Å². The fourth-order valence-corrected chi connectivity index (χ4v) is 2.93. The molecule has 0 saturated heterocycles. The van der Waals surface area contributed by atoms with Gasteiger partial charge in [-0.05, 0) is 25.8 Å². The highest BCUT2D eigenvalue weighted by atomic mass is 16.5. The molecule has 3 aromatic rings. The second-order valence-electron chi connectivity index (χ2n) is 5.87. The number of nitrogens with one attached hydrogen (secondary N) is 1. The smallest absolute Gasteiger partial charge is 0.278 e. The van der Waals surface area contributed by atoms with Gasteiger partial charge in [-0.15, -0.1) is 0 Å². The first-order chi connectivity index (χ1) is 11.2. The second-order valence-corrected chi connectivity index (χ2v) is 5.87. The Morgan fingerprint density at radius 2 is 2.09 bits per heavy atom. The number of rotatable bonds is 3. The average Bonchev–Trinajstić information content (AvgIpc) is 3.28. The SMILES string of the molecule is Cc1cc(-c2nc(-c3cnc(C4CCCC4)nc3N)no2)n[nH]1. The van der Waals surface area contributed by atoms with Crippen molar-refractivity contribution >= 4 is 5.82 Å². The van der Waals surface area contributed by atoms with E-state index >= 15 is 0 Å². The van der Waals surface area contributed by atoms with Gasteiger partial charge in [0.25, 0.3) is 5.89 Å². The average molecular weight is 311 g/mol. The van der Waals surface area contributed by atoms with E-state index in [0.717, 1.165) is 24.4 Å². The fourth-order valence-electron chi connectivity index (χ4n) is 2.93. The Bertz CT molecular complexity index is 832. The lowest BCUT2D eigenvalue weighted by molar-refractivity contribution is 0.431. The molecule has 3 heterocycles. The van der Waals surface area contributed by atoms with E-state index in [1.165, 1.54) is 12.8 Å². The van der Waals surface area contributed by atoms with Crippen molar-refractivity contribution in [2.45, 2.75) is 38.5 Å². The van der Waals surface area contributed by atoms with Crippen molar-refractivity contribution in [3.63, 3.8) is 0 Å². The normalized spacial score (nSPS) is 15.3. The van der Waals surface area contributed by atoms with Gasteiger partial charge in [-0.3, -0.25) is 5.10 Å². The van der Waals surface area contributed by atoms with Crippen molar-refractivity contribution in [1.29, 1.82) is 0 Å². The Morgan fingerprint density at radius 3 is 2.78 bits per heavy atom. The molecule has 1 fully saturated rings. The van der Waals surface area contributed by atoms with Crippen LogP contribution in [0.3, 0.4) is 0 Å². The third kappa shape index (κ3) is 2.56. The molecule has 8 heteroatoms. The summed E-state index contributed by atoms with van der Waals surface area (Å²) in [5, 5.41) is 10.9. The highest BCUT2D eigenvalue weighted by molar-refractivity contribution is 5.67. The van der Waals surface area contributed by atoms with Crippen LogP contribution in [0.4, 0.5) is 5.82 Å². The van der Waals surface area contributed by atoms with Crippen LogP contribution in [0.1, 0.15) is 43.1 Å². The van der Waals surface area contributed by atoms with E-state index in [4.69, 9.17) is 10.3 Å². The van der Waals surface area contributed by atoms with Gasteiger partial charge in [-0.1, -0.05) is 18.0 Å². The number of nitrogen functional groups attached to an aromatic ring is 1. The predicted molar refractivity (Wildman–Crippen MR) is 83.3 cm³/mol. The number of aromatic amines is 1. The zero-order valence-corrected chi connectivity index (χ0v) is 12.8. The van der Waals surface area contributed by atoms with Crippen LogP contribution in [-0.4, -0.2) is 30.3 Å². The highest BCUT2D eigenvalue weighted by Crippen LogP contribution is 2.33. The summed E-state index contributed by atoms with van der Waals surface area (Å²) in [4.78, 5) is 13.2. The van der Waals surface area contributed by atoms with Gasteiger partial charge in [-0.25, -0.2) is 9.97 Å². The zero-order chi connectivity index (χ0) is 15.8. The van der Waals surface area contributed by atoms with E-state index in [0.29, 0.717) is 34.7 Å². The lowest BCUT2D eigenvalue weighted by Gasteiger charge is -2.08. The lowest BCUT2D eigenvalue weighted by atomic mass is 10.1. The summed E-state index contributed by atoms with van der Waals surface area (Å²) >= 11 is 0. The van der Waals surface area contributed by atoms with Gasteiger partial charge in [0.2, 0.25) is 5.82 Å². The standard InChI is InChI=1S/C15H17N7O/c1-8-6-11(21-20-8)15-19-14(22-23-15)10-7-17-13(18-12(10)16)9-4-2-3-5-9/h6-7,9H,2-5H2,1H3,(H,20,21)(H2,16,17,18). The molecule has 0 radical (unpaired) electrons. The first-order valence-corrected chi connectivity index (χ1v) is 7.69. The van der Waals surface area contributed by atoms with Crippen molar-refractivity contribution in [2.75, 3.05) is 5.73 Å². The molecular formula is C15H17N7O. The van der Waals surface area contributed by atoms with E-state index in [1.807, 2.05) is 13.0 Å². The maximum absolute atomic E-state index is 6.08. The van der Waals surface area contributed by atoms with Crippen molar-refractivity contribution in [3.8, 4) is 23.0 Å². The minimum absolute atomic E-state index is 0.337. The largest absolute Gasteiger partial charge is 0.383 e. The number of nitrogens with zero attached hydrogens (tertiary/aromatic N) is 5. The van der Waals surface area contributed by atoms with Crippen LogP contribution in [0, 0.1) is 6.92 Å². The van der Waals surface area contributed by atoms with E-state index in [9.17, 15) is 0 Å². The van der Waals surface area contributed by atoms with Crippen LogP contribution in [0.25, 0.3) is 23.0 Å². The fraction of sp³-hybridized carbons (Fsp3) is 0.400. The molecule has 0 bridgehead atoms. The van der Waals surface area contributed by atoms with E-state index < -0.39 is 0 Å². The molecular weight excluding hydrogens is 294 g/mol. The molecule has 3 aromatic heterocycles. The number of hydrogen-bond acceptors (Lipinski definition) is 7. The molecule has 0 atom stereocenters. The van der Waals surface area contributed by atoms with Crippen molar-refractivity contribution < 1.29 is 4.52 Å². The molecule has 0 aliphatic heterocycles. The van der Waals surface area contributed by atoms with Crippen LogP contribution in [0.5, 0.6) is 0 Å². The third-order valence-corrected chi connectivity index (χ3v) is 4.15. The Kier molecular flexibility index (Phi) is 3.29. The van der Waals surface area contributed by atoms with Gasteiger partial charge in [-0.2, -0.15) is 10.1 Å². The molecule has 8 nitrogen and oxygen atoms in total. The van der Waals surface area contributed by atoms with Crippen molar-refractivity contribution in [1.82, 2.24) is 30.3 Å². The molecule has 1 saturated carbocycles. The summed E-state index contributed by atoms with van der Waals surface area (Å²) in [5.41, 5.74) is 8.18. The molecule has 4 rings (SSSR count). The Morgan fingerprint density at radius 1 is 1.26 bits per heavy atom. The van der Waals surface area contributed by atoms with Crippen LogP contribution in [0.2, 0.25) is 0 Å². The molecule has 0 spiro atoms.